The summed E-state index contributed by atoms with van der Waals surface area (Å²) < 4.78 is 0. The molecule has 0 fully saturated rings. The van der Waals surface area contributed by atoms with Crippen molar-refractivity contribution in [2.24, 2.45) is 0 Å². The molecule has 8 heteroatoms. The number of carbonyl (C=O) groups is 1. The van der Waals surface area contributed by atoms with Crippen LogP contribution in [0.1, 0.15) is 23.2 Å². The zero-order valence-corrected chi connectivity index (χ0v) is 16.9. The van der Waals surface area contributed by atoms with E-state index in [-0.39, 0.29) is 17.0 Å². The van der Waals surface area contributed by atoms with Gasteiger partial charge in [-0.15, -0.1) is 0 Å². The van der Waals surface area contributed by atoms with Gasteiger partial charge >= 0.3 is 5.69 Å². The Bertz CT molecular complexity index is 1520. The summed E-state index contributed by atoms with van der Waals surface area (Å²) in [4.78, 5) is 29.8. The number of anilines is 2. The summed E-state index contributed by atoms with van der Waals surface area (Å²) in [6.07, 6.45) is 3.64. The van der Waals surface area contributed by atoms with Crippen molar-refractivity contribution in [2.75, 3.05) is 10.7 Å². The van der Waals surface area contributed by atoms with E-state index < -0.39 is 5.91 Å². The second-order valence-corrected chi connectivity index (χ2v) is 7.37. The van der Waals surface area contributed by atoms with Gasteiger partial charge < -0.3 is 20.4 Å². The summed E-state index contributed by atoms with van der Waals surface area (Å²) >= 11 is 0. The number of imidazole rings is 1. The topological polar surface area (TPSA) is 122 Å². The van der Waals surface area contributed by atoms with Gasteiger partial charge in [0.15, 0.2) is 5.75 Å². The first-order valence-corrected chi connectivity index (χ1v) is 10.1. The largest absolute Gasteiger partial charge is 0.505 e. The van der Waals surface area contributed by atoms with Crippen molar-refractivity contribution in [3.8, 4) is 17.6 Å². The van der Waals surface area contributed by atoms with Crippen molar-refractivity contribution in [3.63, 3.8) is 0 Å². The molecule has 1 heterocycles. The lowest BCUT2D eigenvalue weighted by Crippen LogP contribution is -2.22. The third-order valence-corrected chi connectivity index (χ3v) is 5.20. The third-order valence-electron chi connectivity index (χ3n) is 5.20. The molecule has 0 saturated heterocycles. The third kappa shape index (κ3) is 3.63. The molecule has 4 aromatic rings. The molecule has 8 nitrogen and oxygen atoms in total. The highest BCUT2D eigenvalue weighted by Gasteiger charge is 2.19. The van der Waals surface area contributed by atoms with Crippen molar-refractivity contribution in [1.29, 1.82) is 0 Å². The van der Waals surface area contributed by atoms with E-state index >= 15 is 0 Å². The number of fused-ring (bicyclic) bond motifs is 2. The van der Waals surface area contributed by atoms with Gasteiger partial charge in [-0.2, -0.15) is 0 Å². The number of nitrogens with one attached hydrogen (secondary N) is 5. The Morgan fingerprint density at radius 1 is 1.03 bits per heavy atom. The van der Waals surface area contributed by atoms with Crippen LogP contribution in [-0.2, 0) is 0 Å². The molecule has 5 rings (SSSR count). The lowest BCUT2D eigenvalue weighted by Gasteiger charge is -2.17. The van der Waals surface area contributed by atoms with Crippen LogP contribution >= 0.6 is 0 Å². The second kappa shape index (κ2) is 7.89. The fourth-order valence-corrected chi connectivity index (χ4v) is 3.65. The molecular weight excluding hydrogens is 406 g/mol. The number of phenols is 1. The quantitative estimate of drug-likeness (QED) is 0.166. The molecule has 3 aromatic carbocycles. The number of phenolic OH excluding ortho intramolecular Hbond substituents is 1. The highest BCUT2D eigenvalue weighted by atomic mass is 16.3. The van der Waals surface area contributed by atoms with Crippen LogP contribution in [0.3, 0.4) is 0 Å². The molecule has 0 radical (unpaired) electrons. The summed E-state index contributed by atoms with van der Waals surface area (Å²) in [6.45, 7) is 0. The summed E-state index contributed by atoms with van der Waals surface area (Å²) in [6, 6.07) is 14.1. The number of benzene rings is 3. The molecule has 0 unspecified atom stereocenters. The molecule has 1 aliphatic carbocycles. The van der Waals surface area contributed by atoms with Gasteiger partial charge in [-0.3, -0.25) is 15.6 Å². The molecule has 1 aliphatic rings. The number of aromatic amines is 2. The number of aromatic nitrogens is 2. The Labute approximate surface area is 182 Å². The number of H-pyrrole nitrogens is 2. The van der Waals surface area contributed by atoms with Gasteiger partial charge in [0.05, 0.1) is 22.3 Å². The maximum absolute atomic E-state index is 13.0. The minimum Gasteiger partial charge on any atom is -0.505 e. The van der Waals surface area contributed by atoms with E-state index in [0.29, 0.717) is 28.1 Å². The molecule has 0 saturated carbocycles. The molecule has 0 atom stereocenters. The van der Waals surface area contributed by atoms with E-state index in [0.717, 1.165) is 23.6 Å². The SMILES string of the molecule is O=C(Nc1ccc2[nH]c(=O)[nH]c2c1)c1cc2ccccc2c(NNC2=CCCC#C2)c1O. The molecule has 1 amide bonds. The highest BCUT2D eigenvalue weighted by Crippen LogP contribution is 2.36. The van der Waals surface area contributed by atoms with E-state index in [4.69, 9.17) is 0 Å². The van der Waals surface area contributed by atoms with Crippen molar-refractivity contribution < 1.29 is 9.90 Å². The van der Waals surface area contributed by atoms with E-state index in [1.165, 1.54) is 0 Å². The minimum atomic E-state index is -0.481. The first kappa shape index (κ1) is 19.3. The number of hydrogen-bond donors (Lipinski definition) is 6. The van der Waals surface area contributed by atoms with E-state index in [2.05, 4.69) is 38.0 Å². The van der Waals surface area contributed by atoms with Gasteiger partial charge in [0, 0.05) is 17.5 Å². The van der Waals surface area contributed by atoms with Crippen LogP contribution in [-0.4, -0.2) is 21.0 Å². The Hall–Kier alpha value is -4.64. The number of hydrogen-bond acceptors (Lipinski definition) is 5. The second-order valence-electron chi connectivity index (χ2n) is 7.37. The lowest BCUT2D eigenvalue weighted by atomic mass is 10.0. The average molecular weight is 425 g/mol. The normalized spacial score (nSPS) is 12.7. The van der Waals surface area contributed by atoms with E-state index in [1.807, 2.05) is 30.3 Å². The van der Waals surface area contributed by atoms with Crippen molar-refractivity contribution >= 4 is 39.1 Å². The Morgan fingerprint density at radius 2 is 1.88 bits per heavy atom. The van der Waals surface area contributed by atoms with Crippen LogP contribution in [0, 0.1) is 11.8 Å². The molecule has 1 aromatic heterocycles. The van der Waals surface area contributed by atoms with Crippen molar-refractivity contribution in [1.82, 2.24) is 15.4 Å². The van der Waals surface area contributed by atoms with Crippen LogP contribution < -0.4 is 21.9 Å². The summed E-state index contributed by atoms with van der Waals surface area (Å²) in [5.74, 6) is 5.35. The van der Waals surface area contributed by atoms with Crippen molar-refractivity contribution in [3.05, 3.63) is 76.4 Å². The fourth-order valence-electron chi connectivity index (χ4n) is 3.65. The average Bonchev–Trinajstić information content (AvgIpc) is 3.18. The van der Waals surface area contributed by atoms with Gasteiger partial charge in [-0.1, -0.05) is 30.2 Å². The molecule has 6 N–H and O–H groups in total. The first-order chi connectivity index (χ1) is 15.6. The number of amides is 1. The van der Waals surface area contributed by atoms with Crippen LogP contribution in [0.4, 0.5) is 11.4 Å². The van der Waals surface area contributed by atoms with Gasteiger partial charge in [0.2, 0.25) is 0 Å². The number of hydrazine groups is 1. The molecule has 0 bridgehead atoms. The molecular formula is C24H19N5O3. The van der Waals surface area contributed by atoms with Gasteiger partial charge in [-0.25, -0.2) is 4.79 Å². The van der Waals surface area contributed by atoms with Gasteiger partial charge in [-0.05, 0) is 48.1 Å². The number of allylic oxidation sites excluding steroid dienone is 2. The molecule has 0 aliphatic heterocycles. The van der Waals surface area contributed by atoms with Gasteiger partial charge in [0.25, 0.3) is 5.91 Å². The smallest absolute Gasteiger partial charge is 0.323 e. The molecule has 0 spiro atoms. The fraction of sp³-hybridized carbons (Fsp3) is 0.0833. The zero-order valence-electron chi connectivity index (χ0n) is 16.9. The zero-order chi connectivity index (χ0) is 22.1. The lowest BCUT2D eigenvalue weighted by molar-refractivity contribution is 0.102. The number of carbonyl (C=O) groups excluding carboxylic acids is 1. The maximum Gasteiger partial charge on any atom is 0.323 e. The summed E-state index contributed by atoms with van der Waals surface area (Å²) in [7, 11) is 0. The van der Waals surface area contributed by atoms with Crippen LogP contribution in [0.15, 0.2) is 65.1 Å². The van der Waals surface area contributed by atoms with Gasteiger partial charge in [0.1, 0.15) is 5.69 Å². The van der Waals surface area contributed by atoms with E-state index in [1.54, 1.807) is 24.3 Å². The molecule has 158 valence electrons. The Balaban J connectivity index is 1.49. The monoisotopic (exact) mass is 425 g/mol. The summed E-state index contributed by atoms with van der Waals surface area (Å²) in [5, 5.41) is 15.3. The minimum absolute atomic E-state index is 0.111. The maximum atomic E-state index is 13.0. The van der Waals surface area contributed by atoms with Crippen LogP contribution in [0.25, 0.3) is 21.8 Å². The predicted molar refractivity (Wildman–Crippen MR) is 124 cm³/mol. The Morgan fingerprint density at radius 3 is 2.72 bits per heavy atom. The number of rotatable bonds is 5. The number of aromatic hydroxyl groups is 1. The Kier molecular flexibility index (Phi) is 4.76. The first-order valence-electron chi connectivity index (χ1n) is 10.1. The van der Waals surface area contributed by atoms with Crippen LogP contribution in [0.2, 0.25) is 0 Å². The van der Waals surface area contributed by atoms with E-state index in [9.17, 15) is 14.7 Å². The predicted octanol–water partition coefficient (Wildman–Crippen LogP) is 3.56. The highest BCUT2D eigenvalue weighted by molar-refractivity contribution is 6.12. The molecule has 32 heavy (non-hydrogen) atoms. The van der Waals surface area contributed by atoms with Crippen molar-refractivity contribution in [2.45, 2.75) is 12.8 Å². The standard InChI is InChI=1S/C24H19N5O3/c30-22-18(23(31)25-16-10-11-19-20(13-16)27-24(32)26-19)12-14-6-4-5-9-17(14)21(22)29-28-15-7-2-1-3-8-15/h4-7,9-13,28-30H,1-2H2,(H,25,31)(H2,26,27,32). The summed E-state index contributed by atoms with van der Waals surface area (Å²) in [5.41, 5.74) is 8.61. The van der Waals surface area contributed by atoms with Crippen LogP contribution in [0.5, 0.6) is 5.75 Å².